The van der Waals surface area contributed by atoms with E-state index in [1.54, 1.807) is 0 Å². The number of hydrogen-bond donors (Lipinski definition) is 0. The van der Waals surface area contributed by atoms with Crippen molar-refractivity contribution >= 4 is 12.3 Å². The summed E-state index contributed by atoms with van der Waals surface area (Å²) >= 11 is 0. The highest BCUT2D eigenvalue weighted by Gasteiger charge is 2.00. The number of aryl methyl sites for hydroxylation is 1. The molecule has 19 heavy (non-hydrogen) atoms. The Morgan fingerprint density at radius 1 is 1.11 bits per heavy atom. The van der Waals surface area contributed by atoms with Crippen molar-refractivity contribution in [3.05, 3.63) is 71.3 Å². The van der Waals surface area contributed by atoms with Crippen LogP contribution >= 0.6 is 0 Å². The Balaban J connectivity index is 1.90. The predicted molar refractivity (Wildman–Crippen MR) is 75.4 cm³/mol. The fraction of sp³-hybridized carbons (Fsp3) is 0.125. The zero-order valence-corrected chi connectivity index (χ0v) is 10.7. The molecule has 0 aromatic heterocycles. The Morgan fingerprint density at radius 2 is 1.79 bits per heavy atom. The Hall–Kier alpha value is -2.42. The number of rotatable bonds is 3. The van der Waals surface area contributed by atoms with Gasteiger partial charge in [0.25, 0.3) is 0 Å². The van der Waals surface area contributed by atoms with Gasteiger partial charge < -0.3 is 4.74 Å². The maximum Gasteiger partial charge on any atom is 0.433 e. The predicted octanol–water partition coefficient (Wildman–Crippen LogP) is 3.75. The van der Waals surface area contributed by atoms with E-state index in [4.69, 9.17) is 4.74 Å². The first-order valence-corrected chi connectivity index (χ1v) is 6.06. The third kappa shape index (κ3) is 4.07. The average molecular weight is 253 g/mol. The number of hydrogen-bond acceptors (Lipinski definition) is 2. The molecule has 3 nitrogen and oxygen atoms in total. The lowest BCUT2D eigenvalue weighted by Crippen LogP contribution is -2.00. The molecule has 0 N–H and O–H groups in total. The van der Waals surface area contributed by atoms with Crippen molar-refractivity contribution in [2.75, 3.05) is 0 Å². The zero-order valence-electron chi connectivity index (χ0n) is 10.7. The molecule has 0 atom stereocenters. The van der Waals surface area contributed by atoms with Gasteiger partial charge in [0.2, 0.25) is 0 Å². The Kier molecular flexibility index (Phi) is 4.45. The lowest BCUT2D eigenvalue weighted by Gasteiger charge is -2.01. The van der Waals surface area contributed by atoms with Gasteiger partial charge in [-0.1, -0.05) is 54.6 Å². The van der Waals surface area contributed by atoms with Crippen LogP contribution < -0.4 is 0 Å². The van der Waals surface area contributed by atoms with Crippen LogP contribution in [0, 0.1) is 6.92 Å². The summed E-state index contributed by atoms with van der Waals surface area (Å²) in [5, 5.41) is 0. The van der Waals surface area contributed by atoms with Crippen LogP contribution in [0.3, 0.4) is 0 Å². The summed E-state index contributed by atoms with van der Waals surface area (Å²) < 4.78 is 5.05. The highest BCUT2D eigenvalue weighted by molar-refractivity contribution is 5.89. The van der Waals surface area contributed by atoms with Gasteiger partial charge in [-0.25, -0.2) is 4.79 Å². The van der Waals surface area contributed by atoms with Crippen molar-refractivity contribution in [3.8, 4) is 0 Å². The molecule has 1 amide bonds. The highest BCUT2D eigenvalue weighted by Crippen LogP contribution is 2.05. The molecule has 0 spiro atoms. The summed E-state index contributed by atoms with van der Waals surface area (Å²) in [5.41, 5.74) is 2.93. The normalized spacial score (nSPS) is 10.6. The van der Waals surface area contributed by atoms with Crippen molar-refractivity contribution in [3.63, 3.8) is 0 Å². The molecule has 0 aliphatic heterocycles. The van der Waals surface area contributed by atoms with Crippen molar-refractivity contribution in [1.82, 2.24) is 0 Å². The van der Waals surface area contributed by atoms with Gasteiger partial charge >= 0.3 is 6.09 Å². The van der Waals surface area contributed by atoms with Crippen molar-refractivity contribution < 1.29 is 9.53 Å². The van der Waals surface area contributed by atoms with E-state index in [0.29, 0.717) is 0 Å². The Morgan fingerprint density at radius 3 is 2.53 bits per heavy atom. The molecule has 96 valence electrons. The van der Waals surface area contributed by atoms with E-state index in [1.165, 1.54) is 6.21 Å². The van der Waals surface area contributed by atoms with Crippen LogP contribution in [0.15, 0.2) is 59.6 Å². The van der Waals surface area contributed by atoms with Crippen LogP contribution in [0.5, 0.6) is 0 Å². The van der Waals surface area contributed by atoms with Crippen molar-refractivity contribution in [2.24, 2.45) is 4.99 Å². The monoisotopic (exact) mass is 253 g/mol. The molecule has 0 aliphatic carbocycles. The van der Waals surface area contributed by atoms with Gasteiger partial charge in [-0.05, 0) is 23.6 Å². The maximum atomic E-state index is 11.5. The smallest absolute Gasteiger partial charge is 0.433 e. The molecular formula is C16H15NO2. The van der Waals surface area contributed by atoms with Gasteiger partial charge in [0.05, 0.1) is 0 Å². The van der Waals surface area contributed by atoms with Gasteiger partial charge in [-0.15, -0.1) is 0 Å². The highest BCUT2D eigenvalue weighted by atomic mass is 16.5. The molecule has 0 bridgehead atoms. The van der Waals surface area contributed by atoms with E-state index in [9.17, 15) is 4.79 Å². The molecule has 2 aromatic carbocycles. The summed E-state index contributed by atoms with van der Waals surface area (Å²) in [4.78, 5) is 15.3. The third-order valence-electron chi connectivity index (χ3n) is 2.70. The number of aliphatic imine (C=N–C) groups is 1. The second-order valence-electron chi connectivity index (χ2n) is 4.15. The Bertz CT molecular complexity index is 576. The molecule has 0 unspecified atom stereocenters. The summed E-state index contributed by atoms with van der Waals surface area (Å²) in [6, 6.07) is 17.3. The van der Waals surface area contributed by atoms with E-state index in [-0.39, 0.29) is 6.61 Å². The minimum absolute atomic E-state index is 0.241. The molecular weight excluding hydrogens is 238 g/mol. The van der Waals surface area contributed by atoms with E-state index >= 15 is 0 Å². The molecule has 0 saturated heterocycles. The van der Waals surface area contributed by atoms with Crippen LogP contribution in [0.2, 0.25) is 0 Å². The Labute approximate surface area is 112 Å². The lowest BCUT2D eigenvalue weighted by atomic mass is 10.1. The van der Waals surface area contributed by atoms with Crippen LogP contribution in [0.1, 0.15) is 16.7 Å². The third-order valence-corrected chi connectivity index (χ3v) is 2.70. The van der Waals surface area contributed by atoms with E-state index in [2.05, 4.69) is 4.99 Å². The minimum Gasteiger partial charge on any atom is -0.443 e. The molecule has 2 rings (SSSR count). The van der Waals surface area contributed by atoms with Crippen molar-refractivity contribution in [1.29, 1.82) is 0 Å². The van der Waals surface area contributed by atoms with Gasteiger partial charge in [0.15, 0.2) is 0 Å². The van der Waals surface area contributed by atoms with Gasteiger partial charge in [0, 0.05) is 6.21 Å². The average Bonchev–Trinajstić information content (AvgIpc) is 2.45. The van der Waals surface area contributed by atoms with Gasteiger partial charge in [0.1, 0.15) is 6.61 Å². The number of benzene rings is 2. The minimum atomic E-state index is -0.577. The van der Waals surface area contributed by atoms with E-state index in [1.807, 2.05) is 61.5 Å². The molecule has 0 heterocycles. The zero-order chi connectivity index (χ0) is 13.5. The molecule has 0 fully saturated rings. The summed E-state index contributed by atoms with van der Waals surface area (Å²) in [6.45, 7) is 2.21. The number of ether oxygens (including phenoxy) is 1. The first-order valence-electron chi connectivity index (χ1n) is 6.06. The molecule has 0 radical (unpaired) electrons. The van der Waals surface area contributed by atoms with Gasteiger partial charge in [-0.2, -0.15) is 4.99 Å². The lowest BCUT2D eigenvalue weighted by molar-refractivity contribution is 0.151. The topological polar surface area (TPSA) is 38.7 Å². The number of carbonyl (C=O) groups is 1. The molecule has 0 saturated carbocycles. The molecule has 2 aromatic rings. The first kappa shape index (κ1) is 13.0. The fourth-order valence-corrected chi connectivity index (χ4v) is 1.61. The van der Waals surface area contributed by atoms with E-state index < -0.39 is 6.09 Å². The SMILES string of the molecule is Cc1ccccc1/C=N\C(=O)OCc1ccccc1. The quantitative estimate of drug-likeness (QED) is 0.781. The molecule has 0 aliphatic rings. The number of amides is 1. The standard InChI is InChI=1S/C16H15NO2/c1-13-7-5-6-10-15(13)11-17-16(18)19-12-14-8-3-2-4-9-14/h2-11H,12H2,1H3/b17-11-. The van der Waals surface area contributed by atoms with Gasteiger partial charge in [-0.3, -0.25) is 0 Å². The number of carbonyl (C=O) groups excluding carboxylic acids is 1. The maximum absolute atomic E-state index is 11.5. The molecule has 3 heteroatoms. The summed E-state index contributed by atoms with van der Waals surface area (Å²) in [7, 11) is 0. The summed E-state index contributed by atoms with van der Waals surface area (Å²) in [6.07, 6.45) is 0.954. The summed E-state index contributed by atoms with van der Waals surface area (Å²) in [5.74, 6) is 0. The van der Waals surface area contributed by atoms with Crippen molar-refractivity contribution in [2.45, 2.75) is 13.5 Å². The second-order valence-corrected chi connectivity index (χ2v) is 4.15. The second kappa shape index (κ2) is 6.50. The van der Waals surface area contributed by atoms with Crippen LogP contribution in [0.4, 0.5) is 4.79 Å². The van der Waals surface area contributed by atoms with Crippen LogP contribution in [0.25, 0.3) is 0 Å². The first-order chi connectivity index (χ1) is 9.25. The van der Waals surface area contributed by atoms with Crippen LogP contribution in [-0.4, -0.2) is 12.3 Å². The van der Waals surface area contributed by atoms with E-state index in [0.717, 1.165) is 16.7 Å². The fourth-order valence-electron chi connectivity index (χ4n) is 1.61. The largest absolute Gasteiger partial charge is 0.443 e. The number of nitrogens with zero attached hydrogens (tertiary/aromatic N) is 1. The van der Waals surface area contributed by atoms with Crippen LogP contribution in [-0.2, 0) is 11.3 Å².